The molecule has 4 aromatic heterocycles. The molecule has 1 N–H and O–H groups in total. The van der Waals surface area contributed by atoms with E-state index in [9.17, 15) is 0 Å². The highest BCUT2D eigenvalue weighted by molar-refractivity contribution is 6.30. The van der Waals surface area contributed by atoms with Crippen molar-refractivity contribution in [1.82, 2.24) is 29.7 Å². The predicted molar refractivity (Wildman–Crippen MR) is 118 cm³/mol. The zero-order chi connectivity index (χ0) is 21.4. The Hall–Kier alpha value is -3.26. The molecule has 5 rings (SSSR count). The molecule has 0 radical (unpaired) electrons. The number of nitrogens with zero attached hydrogens (tertiary/aromatic N) is 6. The molecule has 1 aliphatic rings. The maximum Gasteiger partial charge on any atom is 0.319 e. The standard InChI is InChI=1S/C22H22ClN7O/c1-13-20(23)28-22(29-21(13)25-9-14-10-26-30(2)11-14)31-12-15-8-16(15)17-5-6-18-19(27-17)4-3-7-24-18/h3-7,10-11,15-16H,8-9,12H2,1-2H3,(H,25,28,29)/t15-,16+/m1/s1. The van der Waals surface area contributed by atoms with E-state index in [1.54, 1.807) is 10.9 Å². The van der Waals surface area contributed by atoms with Crippen LogP contribution in [0.15, 0.2) is 42.9 Å². The minimum atomic E-state index is 0.283. The summed E-state index contributed by atoms with van der Waals surface area (Å²) < 4.78 is 7.66. The topological polar surface area (TPSA) is 90.6 Å². The molecule has 0 aliphatic heterocycles. The fourth-order valence-corrected chi connectivity index (χ4v) is 3.77. The van der Waals surface area contributed by atoms with Gasteiger partial charge in [-0.3, -0.25) is 14.6 Å². The molecule has 1 fully saturated rings. The Kier molecular flexibility index (Phi) is 5.15. The van der Waals surface area contributed by atoms with Crippen LogP contribution in [0.2, 0.25) is 5.15 Å². The summed E-state index contributed by atoms with van der Waals surface area (Å²) in [6.45, 7) is 3.00. The van der Waals surface area contributed by atoms with E-state index in [2.05, 4.69) is 31.4 Å². The van der Waals surface area contributed by atoms with Gasteiger partial charge in [-0.1, -0.05) is 11.6 Å². The van der Waals surface area contributed by atoms with Gasteiger partial charge in [-0.2, -0.15) is 15.1 Å². The van der Waals surface area contributed by atoms with Gasteiger partial charge in [0.25, 0.3) is 0 Å². The second kappa shape index (κ2) is 8.11. The smallest absolute Gasteiger partial charge is 0.319 e. The van der Waals surface area contributed by atoms with Gasteiger partial charge in [-0.25, -0.2) is 0 Å². The van der Waals surface area contributed by atoms with Crippen molar-refractivity contribution >= 4 is 28.5 Å². The van der Waals surface area contributed by atoms with Crippen LogP contribution in [0.25, 0.3) is 11.0 Å². The maximum absolute atomic E-state index is 6.31. The predicted octanol–water partition coefficient (Wildman–Crippen LogP) is 3.91. The summed E-state index contributed by atoms with van der Waals surface area (Å²) in [4.78, 5) is 17.9. The van der Waals surface area contributed by atoms with Gasteiger partial charge in [0.1, 0.15) is 11.0 Å². The molecule has 0 saturated heterocycles. The van der Waals surface area contributed by atoms with Crippen molar-refractivity contribution in [2.24, 2.45) is 13.0 Å². The molecule has 8 nitrogen and oxygen atoms in total. The Labute approximate surface area is 184 Å². The highest BCUT2D eigenvalue weighted by Crippen LogP contribution is 2.47. The summed E-state index contributed by atoms with van der Waals surface area (Å²) in [5.74, 6) is 1.43. The van der Waals surface area contributed by atoms with E-state index in [0.717, 1.165) is 34.3 Å². The molecule has 0 amide bonds. The summed E-state index contributed by atoms with van der Waals surface area (Å²) >= 11 is 6.31. The van der Waals surface area contributed by atoms with Crippen molar-refractivity contribution in [3.8, 4) is 6.01 Å². The van der Waals surface area contributed by atoms with Gasteiger partial charge in [0.2, 0.25) is 0 Å². The van der Waals surface area contributed by atoms with E-state index in [0.29, 0.717) is 36.0 Å². The molecular formula is C22H22ClN7O. The molecule has 0 spiro atoms. The van der Waals surface area contributed by atoms with Gasteiger partial charge >= 0.3 is 6.01 Å². The monoisotopic (exact) mass is 435 g/mol. The van der Waals surface area contributed by atoms with Crippen LogP contribution in [0.4, 0.5) is 5.82 Å². The first-order valence-electron chi connectivity index (χ1n) is 10.2. The molecule has 4 heterocycles. The van der Waals surface area contributed by atoms with Crippen LogP contribution in [0.3, 0.4) is 0 Å². The van der Waals surface area contributed by atoms with Gasteiger partial charge in [-0.05, 0) is 37.6 Å². The molecule has 0 unspecified atom stereocenters. The van der Waals surface area contributed by atoms with Crippen LogP contribution >= 0.6 is 11.6 Å². The van der Waals surface area contributed by atoms with Crippen molar-refractivity contribution in [1.29, 1.82) is 0 Å². The van der Waals surface area contributed by atoms with Crippen LogP contribution in [0.5, 0.6) is 6.01 Å². The quantitative estimate of drug-likeness (QED) is 0.440. The summed E-state index contributed by atoms with van der Waals surface area (Å²) in [5.41, 5.74) is 4.75. The lowest BCUT2D eigenvalue weighted by molar-refractivity contribution is 0.274. The molecule has 31 heavy (non-hydrogen) atoms. The fourth-order valence-electron chi connectivity index (χ4n) is 3.61. The SMILES string of the molecule is Cc1c(Cl)nc(OC[C@H]2C[C@@H]2c2ccc3ncccc3n2)nc1NCc1cnn(C)c1. The molecule has 2 atom stereocenters. The van der Waals surface area contributed by atoms with Crippen molar-refractivity contribution in [2.45, 2.75) is 25.8 Å². The van der Waals surface area contributed by atoms with E-state index >= 15 is 0 Å². The Morgan fingerprint density at radius 2 is 2.10 bits per heavy atom. The number of ether oxygens (including phenoxy) is 1. The number of nitrogens with one attached hydrogen (secondary N) is 1. The minimum Gasteiger partial charge on any atom is -0.463 e. The summed E-state index contributed by atoms with van der Waals surface area (Å²) in [5, 5.41) is 7.85. The first-order valence-corrected chi connectivity index (χ1v) is 10.5. The van der Waals surface area contributed by atoms with E-state index < -0.39 is 0 Å². The number of anilines is 1. The maximum atomic E-state index is 6.31. The van der Waals surface area contributed by atoms with Crippen LogP contribution in [0, 0.1) is 12.8 Å². The van der Waals surface area contributed by atoms with Gasteiger partial charge in [-0.15, -0.1) is 0 Å². The normalized spacial score (nSPS) is 17.6. The van der Waals surface area contributed by atoms with E-state index in [4.69, 9.17) is 21.3 Å². The Balaban J connectivity index is 1.22. The zero-order valence-electron chi connectivity index (χ0n) is 17.3. The third kappa shape index (κ3) is 4.29. The average molecular weight is 436 g/mol. The van der Waals surface area contributed by atoms with Crippen molar-refractivity contribution in [2.75, 3.05) is 11.9 Å². The molecule has 1 aliphatic carbocycles. The van der Waals surface area contributed by atoms with Crippen molar-refractivity contribution < 1.29 is 4.74 Å². The second-order valence-electron chi connectivity index (χ2n) is 7.84. The number of fused-ring (bicyclic) bond motifs is 1. The van der Waals surface area contributed by atoms with Crippen molar-refractivity contribution in [3.63, 3.8) is 0 Å². The summed E-state index contributed by atoms with van der Waals surface area (Å²) in [7, 11) is 1.89. The highest BCUT2D eigenvalue weighted by Gasteiger charge is 2.40. The molecular weight excluding hydrogens is 414 g/mol. The first kappa shape index (κ1) is 19.7. The first-order chi connectivity index (χ1) is 15.1. The van der Waals surface area contributed by atoms with Gasteiger partial charge in [0, 0.05) is 54.6 Å². The van der Waals surface area contributed by atoms with Crippen LogP contribution in [-0.4, -0.2) is 36.3 Å². The lowest BCUT2D eigenvalue weighted by atomic mass is 10.2. The third-order valence-electron chi connectivity index (χ3n) is 5.49. The van der Waals surface area contributed by atoms with Gasteiger partial charge < -0.3 is 10.1 Å². The number of hydrogen-bond donors (Lipinski definition) is 1. The molecule has 0 bridgehead atoms. The van der Waals surface area contributed by atoms with E-state index in [1.165, 1.54) is 0 Å². The second-order valence-corrected chi connectivity index (χ2v) is 8.20. The van der Waals surface area contributed by atoms with E-state index in [1.807, 2.05) is 44.6 Å². The van der Waals surface area contributed by atoms with E-state index in [-0.39, 0.29) is 6.01 Å². The number of hydrogen-bond acceptors (Lipinski definition) is 7. The zero-order valence-corrected chi connectivity index (χ0v) is 18.0. The lowest BCUT2D eigenvalue weighted by Gasteiger charge is -2.11. The summed E-state index contributed by atoms with van der Waals surface area (Å²) in [6, 6.07) is 8.26. The molecule has 9 heteroatoms. The molecule has 0 aromatic carbocycles. The van der Waals surface area contributed by atoms with Crippen LogP contribution in [0.1, 0.15) is 29.2 Å². The Morgan fingerprint density at radius 1 is 1.19 bits per heavy atom. The Morgan fingerprint density at radius 3 is 2.94 bits per heavy atom. The number of pyridine rings is 2. The third-order valence-corrected chi connectivity index (χ3v) is 5.86. The average Bonchev–Trinajstić information content (AvgIpc) is 3.44. The van der Waals surface area contributed by atoms with Crippen molar-refractivity contribution in [3.05, 3.63) is 64.8 Å². The Bertz CT molecular complexity index is 1240. The molecule has 4 aromatic rings. The number of rotatable bonds is 7. The van der Waals surface area contributed by atoms with Crippen LogP contribution < -0.4 is 10.1 Å². The number of aromatic nitrogens is 6. The molecule has 1 saturated carbocycles. The molecule has 158 valence electrons. The van der Waals surface area contributed by atoms with Gasteiger partial charge in [0.15, 0.2) is 0 Å². The largest absolute Gasteiger partial charge is 0.463 e. The van der Waals surface area contributed by atoms with Gasteiger partial charge in [0.05, 0.1) is 23.8 Å². The highest BCUT2D eigenvalue weighted by atomic mass is 35.5. The van der Waals surface area contributed by atoms with Crippen LogP contribution in [-0.2, 0) is 13.6 Å². The fraction of sp³-hybridized carbons (Fsp3) is 0.318. The lowest BCUT2D eigenvalue weighted by Crippen LogP contribution is -2.09. The number of aryl methyl sites for hydroxylation is 1. The minimum absolute atomic E-state index is 0.283. The summed E-state index contributed by atoms with van der Waals surface area (Å²) in [6.07, 6.45) is 6.58. The number of halogens is 1.